The van der Waals surface area contributed by atoms with E-state index in [-0.39, 0.29) is 24.3 Å². The molecule has 0 aliphatic carbocycles. The summed E-state index contributed by atoms with van der Waals surface area (Å²) in [6.45, 7) is 2.65. The summed E-state index contributed by atoms with van der Waals surface area (Å²) in [5, 5.41) is 0. The van der Waals surface area contributed by atoms with Crippen LogP contribution in [0.25, 0.3) is 11.0 Å². The third-order valence-electron chi connectivity index (χ3n) is 5.03. The second-order valence-corrected chi connectivity index (χ2v) is 6.86. The molecule has 1 aromatic heterocycles. The van der Waals surface area contributed by atoms with Gasteiger partial charge in [-0.1, -0.05) is 29.8 Å². The molecule has 0 N–H and O–H groups in total. The Labute approximate surface area is 157 Å². The first-order valence-electron chi connectivity index (χ1n) is 8.96. The summed E-state index contributed by atoms with van der Waals surface area (Å²) in [5.41, 5.74) is 3.74. The van der Waals surface area contributed by atoms with E-state index < -0.39 is 0 Å². The SMILES string of the molecule is COC(=O)Cn1c(C2CC(=O)N(c3ccc(C)cc3)C2)nc2ccccc21. The van der Waals surface area contributed by atoms with Gasteiger partial charge in [-0.3, -0.25) is 9.59 Å². The number of aryl methyl sites for hydroxylation is 1. The van der Waals surface area contributed by atoms with Crippen LogP contribution >= 0.6 is 0 Å². The molecule has 2 heterocycles. The Morgan fingerprint density at radius 2 is 1.93 bits per heavy atom. The van der Waals surface area contributed by atoms with Crippen LogP contribution in [0.15, 0.2) is 48.5 Å². The molecule has 138 valence electrons. The van der Waals surface area contributed by atoms with Crippen molar-refractivity contribution in [1.82, 2.24) is 9.55 Å². The molecule has 1 fully saturated rings. The van der Waals surface area contributed by atoms with E-state index in [1.54, 1.807) is 4.90 Å². The molecule has 1 saturated heterocycles. The molecular weight excluding hydrogens is 342 g/mol. The van der Waals surface area contributed by atoms with E-state index in [1.165, 1.54) is 7.11 Å². The molecule has 1 unspecified atom stereocenters. The quantitative estimate of drug-likeness (QED) is 0.669. The third kappa shape index (κ3) is 3.18. The average Bonchev–Trinajstić information content (AvgIpc) is 3.23. The molecule has 6 heteroatoms. The number of imidazole rings is 1. The Morgan fingerprint density at radius 1 is 1.19 bits per heavy atom. The average molecular weight is 363 g/mol. The zero-order valence-corrected chi connectivity index (χ0v) is 15.4. The van der Waals surface area contributed by atoms with Gasteiger partial charge in [0.25, 0.3) is 0 Å². The second-order valence-electron chi connectivity index (χ2n) is 6.86. The van der Waals surface area contributed by atoms with Gasteiger partial charge in [-0.05, 0) is 31.2 Å². The molecular formula is C21H21N3O3. The van der Waals surface area contributed by atoms with Crippen LogP contribution in [0.2, 0.25) is 0 Å². The van der Waals surface area contributed by atoms with Crippen LogP contribution in [-0.2, 0) is 20.9 Å². The number of hydrogen-bond acceptors (Lipinski definition) is 4. The molecule has 1 atom stereocenters. The summed E-state index contributed by atoms with van der Waals surface area (Å²) in [7, 11) is 1.37. The zero-order valence-electron chi connectivity index (χ0n) is 15.4. The number of carbonyl (C=O) groups excluding carboxylic acids is 2. The number of aromatic nitrogens is 2. The number of ether oxygens (including phenoxy) is 1. The van der Waals surface area contributed by atoms with Gasteiger partial charge in [0.15, 0.2) is 0 Å². The van der Waals surface area contributed by atoms with Crippen molar-refractivity contribution in [2.75, 3.05) is 18.6 Å². The first kappa shape index (κ1) is 17.3. The highest BCUT2D eigenvalue weighted by atomic mass is 16.5. The van der Waals surface area contributed by atoms with E-state index in [0.717, 1.165) is 28.1 Å². The number of carbonyl (C=O) groups is 2. The number of fused-ring (bicyclic) bond motifs is 1. The first-order chi connectivity index (χ1) is 13.1. The number of para-hydroxylation sites is 2. The minimum absolute atomic E-state index is 0.0699. The number of hydrogen-bond donors (Lipinski definition) is 0. The van der Waals surface area contributed by atoms with E-state index >= 15 is 0 Å². The van der Waals surface area contributed by atoms with E-state index in [0.29, 0.717) is 13.0 Å². The fourth-order valence-corrected chi connectivity index (χ4v) is 3.62. The third-order valence-corrected chi connectivity index (χ3v) is 5.03. The Kier molecular flexibility index (Phi) is 4.39. The van der Waals surface area contributed by atoms with Crippen LogP contribution < -0.4 is 4.90 Å². The Hall–Kier alpha value is -3.15. The smallest absolute Gasteiger partial charge is 0.325 e. The van der Waals surface area contributed by atoms with Gasteiger partial charge >= 0.3 is 5.97 Å². The number of amides is 1. The number of benzene rings is 2. The van der Waals surface area contributed by atoms with Crippen LogP contribution in [0.5, 0.6) is 0 Å². The second kappa shape index (κ2) is 6.87. The molecule has 1 aliphatic heterocycles. The standard InChI is InChI=1S/C21H21N3O3/c1-14-7-9-16(10-8-14)23-12-15(11-19(23)25)21-22-17-5-3-4-6-18(17)24(21)13-20(26)27-2/h3-10,15H,11-13H2,1-2H3. The highest BCUT2D eigenvalue weighted by Crippen LogP contribution is 2.33. The van der Waals surface area contributed by atoms with Gasteiger partial charge in [-0.2, -0.15) is 0 Å². The first-order valence-corrected chi connectivity index (χ1v) is 8.96. The van der Waals surface area contributed by atoms with Gasteiger partial charge in [0.1, 0.15) is 12.4 Å². The van der Waals surface area contributed by atoms with Crippen molar-refractivity contribution in [2.24, 2.45) is 0 Å². The fraction of sp³-hybridized carbons (Fsp3) is 0.286. The van der Waals surface area contributed by atoms with Crippen molar-refractivity contribution >= 4 is 28.6 Å². The van der Waals surface area contributed by atoms with Crippen molar-refractivity contribution in [3.05, 3.63) is 59.9 Å². The molecule has 6 nitrogen and oxygen atoms in total. The fourth-order valence-electron chi connectivity index (χ4n) is 3.62. The normalized spacial score (nSPS) is 16.9. The molecule has 0 spiro atoms. The molecule has 27 heavy (non-hydrogen) atoms. The minimum atomic E-state index is -0.334. The molecule has 2 aromatic carbocycles. The Morgan fingerprint density at radius 3 is 2.67 bits per heavy atom. The number of rotatable bonds is 4. The van der Waals surface area contributed by atoms with Crippen LogP contribution in [0.4, 0.5) is 5.69 Å². The summed E-state index contributed by atoms with van der Waals surface area (Å²) >= 11 is 0. The van der Waals surface area contributed by atoms with Gasteiger partial charge in [-0.25, -0.2) is 4.98 Å². The topological polar surface area (TPSA) is 64.4 Å². The molecule has 0 saturated carbocycles. The van der Waals surface area contributed by atoms with Gasteiger partial charge in [0, 0.05) is 24.6 Å². The van der Waals surface area contributed by atoms with Gasteiger partial charge < -0.3 is 14.2 Å². The van der Waals surface area contributed by atoms with E-state index in [2.05, 4.69) is 0 Å². The van der Waals surface area contributed by atoms with Crippen molar-refractivity contribution in [3.63, 3.8) is 0 Å². The van der Waals surface area contributed by atoms with Crippen molar-refractivity contribution < 1.29 is 14.3 Å². The van der Waals surface area contributed by atoms with E-state index in [9.17, 15) is 9.59 Å². The lowest BCUT2D eigenvalue weighted by Gasteiger charge is -2.17. The highest BCUT2D eigenvalue weighted by molar-refractivity contribution is 5.96. The number of nitrogens with zero attached hydrogens (tertiary/aromatic N) is 3. The van der Waals surface area contributed by atoms with Crippen LogP contribution in [0.1, 0.15) is 23.7 Å². The molecule has 0 radical (unpaired) electrons. The van der Waals surface area contributed by atoms with Crippen LogP contribution in [0, 0.1) is 6.92 Å². The predicted molar refractivity (Wildman–Crippen MR) is 103 cm³/mol. The lowest BCUT2D eigenvalue weighted by molar-refractivity contribution is -0.141. The minimum Gasteiger partial charge on any atom is -0.468 e. The number of methoxy groups -OCH3 is 1. The lowest BCUT2D eigenvalue weighted by atomic mass is 10.1. The van der Waals surface area contributed by atoms with Crippen LogP contribution in [-0.4, -0.2) is 35.1 Å². The predicted octanol–water partition coefficient (Wildman–Crippen LogP) is 3.04. The summed E-state index contributed by atoms with van der Waals surface area (Å²) in [4.78, 5) is 31.1. The van der Waals surface area contributed by atoms with Gasteiger partial charge in [0.2, 0.25) is 5.91 Å². The van der Waals surface area contributed by atoms with Crippen molar-refractivity contribution in [3.8, 4) is 0 Å². The molecule has 3 aromatic rings. The maximum atomic E-state index is 12.6. The van der Waals surface area contributed by atoms with Crippen molar-refractivity contribution in [2.45, 2.75) is 25.8 Å². The number of esters is 1. The Balaban J connectivity index is 1.70. The zero-order chi connectivity index (χ0) is 19.0. The molecule has 1 aliphatic rings. The monoisotopic (exact) mass is 363 g/mol. The number of anilines is 1. The van der Waals surface area contributed by atoms with E-state index in [4.69, 9.17) is 9.72 Å². The Bertz CT molecular complexity index is 1010. The van der Waals surface area contributed by atoms with Gasteiger partial charge in [-0.15, -0.1) is 0 Å². The summed E-state index contributed by atoms with van der Waals surface area (Å²) in [5.74, 6) is 0.417. The van der Waals surface area contributed by atoms with Gasteiger partial charge in [0.05, 0.1) is 18.1 Å². The molecule has 1 amide bonds. The van der Waals surface area contributed by atoms with Crippen LogP contribution in [0.3, 0.4) is 0 Å². The maximum Gasteiger partial charge on any atom is 0.325 e. The highest BCUT2D eigenvalue weighted by Gasteiger charge is 2.35. The largest absolute Gasteiger partial charge is 0.468 e. The lowest BCUT2D eigenvalue weighted by Crippen LogP contribution is -2.24. The molecule has 4 rings (SSSR count). The van der Waals surface area contributed by atoms with E-state index in [1.807, 2.05) is 60.0 Å². The summed E-state index contributed by atoms with van der Waals surface area (Å²) < 4.78 is 6.72. The maximum absolute atomic E-state index is 12.6. The summed E-state index contributed by atoms with van der Waals surface area (Å²) in [6, 6.07) is 15.6. The molecule has 0 bridgehead atoms. The summed E-state index contributed by atoms with van der Waals surface area (Å²) in [6.07, 6.45) is 0.373. The van der Waals surface area contributed by atoms with Crippen molar-refractivity contribution in [1.29, 1.82) is 0 Å².